The molecule has 1 fully saturated rings. The molecule has 2 aliphatic rings. The predicted octanol–water partition coefficient (Wildman–Crippen LogP) is 4.87. The molecule has 27 heavy (non-hydrogen) atoms. The van der Waals surface area contributed by atoms with Crippen LogP contribution in [0.3, 0.4) is 0 Å². The quantitative estimate of drug-likeness (QED) is 0.729. The maximum Gasteiger partial charge on any atom is 0.439 e. The Bertz CT molecular complexity index is 788. The second-order valence-corrected chi connectivity index (χ2v) is 8.77. The van der Waals surface area contributed by atoms with Crippen LogP contribution < -0.4 is 0 Å². The number of benzene rings is 1. The molecule has 1 aromatic rings. The van der Waals surface area contributed by atoms with Crippen molar-refractivity contribution in [3.63, 3.8) is 0 Å². The summed E-state index contributed by atoms with van der Waals surface area (Å²) in [5.41, 5.74) is -3.39. The number of hydrazone groups is 1. The molecule has 1 amide bonds. The Labute approximate surface area is 161 Å². The lowest BCUT2D eigenvalue weighted by molar-refractivity contribution is -0.314. The van der Waals surface area contributed by atoms with Crippen molar-refractivity contribution in [2.24, 2.45) is 22.4 Å². The SMILES string of the molecule is CC(C)(C)[C@@H]1CCC2=NN(C(=O)c3cccc(Cl)c3)[C@@](O)(C(F)(F)F)[C@@H]2C1. The number of rotatable bonds is 1. The molecule has 148 valence electrons. The van der Waals surface area contributed by atoms with Gasteiger partial charge in [0, 0.05) is 16.3 Å². The predicted molar refractivity (Wildman–Crippen MR) is 96.3 cm³/mol. The van der Waals surface area contributed by atoms with E-state index in [0.29, 0.717) is 12.8 Å². The van der Waals surface area contributed by atoms with E-state index < -0.39 is 23.7 Å². The minimum atomic E-state index is -5.04. The van der Waals surface area contributed by atoms with Crippen LogP contribution >= 0.6 is 11.6 Å². The average Bonchev–Trinajstić information content (AvgIpc) is 2.87. The standard InChI is InChI=1S/C19H22ClF3N2O2/c1-17(2,3)12-7-8-15-14(10-12)18(27,19(21,22)23)25(24-15)16(26)11-5-4-6-13(20)9-11/h4-6,9,12,14,27H,7-8,10H2,1-3H3/t12-,14-,18+/m1/s1. The molecule has 1 N–H and O–H groups in total. The molecule has 0 saturated heterocycles. The summed E-state index contributed by atoms with van der Waals surface area (Å²) in [4.78, 5) is 12.8. The van der Waals surface area contributed by atoms with E-state index in [1.54, 1.807) is 0 Å². The number of fused-ring (bicyclic) bond motifs is 1. The van der Waals surface area contributed by atoms with Crippen molar-refractivity contribution < 1.29 is 23.1 Å². The first-order chi connectivity index (χ1) is 12.4. The summed E-state index contributed by atoms with van der Waals surface area (Å²) in [6.07, 6.45) is -3.93. The Hall–Kier alpha value is -1.60. The minimum Gasteiger partial charge on any atom is -0.362 e. The van der Waals surface area contributed by atoms with Crippen LogP contribution in [0, 0.1) is 17.3 Å². The van der Waals surface area contributed by atoms with Crippen molar-refractivity contribution in [3.05, 3.63) is 34.9 Å². The fourth-order valence-corrected chi connectivity index (χ4v) is 4.14. The number of aliphatic hydroxyl groups is 1. The molecule has 1 aliphatic carbocycles. The van der Waals surface area contributed by atoms with Gasteiger partial charge < -0.3 is 5.11 Å². The average molecular weight is 403 g/mol. The highest BCUT2D eigenvalue weighted by atomic mass is 35.5. The van der Waals surface area contributed by atoms with E-state index in [1.165, 1.54) is 24.3 Å². The molecule has 1 aliphatic heterocycles. The van der Waals surface area contributed by atoms with Gasteiger partial charge >= 0.3 is 6.18 Å². The summed E-state index contributed by atoms with van der Waals surface area (Å²) < 4.78 is 42.0. The van der Waals surface area contributed by atoms with Crippen LogP contribution in [0.2, 0.25) is 5.02 Å². The van der Waals surface area contributed by atoms with Gasteiger partial charge in [0.25, 0.3) is 11.6 Å². The number of carbonyl (C=O) groups excluding carboxylic acids is 1. The molecule has 0 unspecified atom stereocenters. The van der Waals surface area contributed by atoms with Gasteiger partial charge in [-0.25, -0.2) is 0 Å². The van der Waals surface area contributed by atoms with Crippen molar-refractivity contribution >= 4 is 23.2 Å². The fraction of sp³-hybridized carbons (Fsp3) is 0.579. The molecule has 8 heteroatoms. The lowest BCUT2D eigenvalue weighted by atomic mass is 9.66. The summed E-state index contributed by atoms with van der Waals surface area (Å²) in [6, 6.07) is 5.60. The summed E-state index contributed by atoms with van der Waals surface area (Å²) >= 11 is 5.86. The van der Waals surface area contributed by atoms with E-state index in [2.05, 4.69) is 5.10 Å². The van der Waals surface area contributed by atoms with Crippen molar-refractivity contribution in [1.82, 2.24) is 5.01 Å². The van der Waals surface area contributed by atoms with E-state index in [1.807, 2.05) is 20.8 Å². The molecule has 0 spiro atoms. The molecule has 3 rings (SSSR count). The second-order valence-electron chi connectivity index (χ2n) is 8.33. The molecule has 0 radical (unpaired) electrons. The van der Waals surface area contributed by atoms with Gasteiger partial charge in [-0.15, -0.1) is 0 Å². The van der Waals surface area contributed by atoms with E-state index in [-0.39, 0.29) is 39.1 Å². The third-order valence-electron chi connectivity index (χ3n) is 5.61. The second kappa shape index (κ2) is 6.48. The summed E-state index contributed by atoms with van der Waals surface area (Å²) in [7, 11) is 0. The first-order valence-corrected chi connectivity index (χ1v) is 9.20. The molecular weight excluding hydrogens is 381 g/mol. The number of hydrogen-bond donors (Lipinski definition) is 1. The van der Waals surface area contributed by atoms with Crippen LogP contribution in [0.4, 0.5) is 13.2 Å². The molecular formula is C19H22ClF3N2O2. The minimum absolute atomic E-state index is 0.0171. The van der Waals surface area contributed by atoms with E-state index in [4.69, 9.17) is 11.6 Å². The Balaban J connectivity index is 2.02. The van der Waals surface area contributed by atoms with Gasteiger partial charge in [-0.3, -0.25) is 4.79 Å². The zero-order chi connectivity index (χ0) is 20.2. The molecule has 3 atom stereocenters. The smallest absolute Gasteiger partial charge is 0.362 e. The Kier molecular flexibility index (Phi) is 4.84. The Morgan fingerprint density at radius 2 is 2.00 bits per heavy atom. The molecule has 0 aromatic heterocycles. The van der Waals surface area contributed by atoms with Crippen molar-refractivity contribution in [2.45, 2.75) is 51.9 Å². The van der Waals surface area contributed by atoms with E-state index >= 15 is 0 Å². The zero-order valence-corrected chi connectivity index (χ0v) is 16.1. The van der Waals surface area contributed by atoms with E-state index in [9.17, 15) is 23.1 Å². The third-order valence-corrected chi connectivity index (χ3v) is 5.85. The summed E-state index contributed by atoms with van der Waals surface area (Å²) in [6.45, 7) is 5.91. The Morgan fingerprint density at radius 3 is 2.56 bits per heavy atom. The van der Waals surface area contributed by atoms with Gasteiger partial charge in [0.05, 0.1) is 5.92 Å². The van der Waals surface area contributed by atoms with Gasteiger partial charge in [0.2, 0.25) is 0 Å². The first kappa shape index (κ1) is 20.1. The topological polar surface area (TPSA) is 52.9 Å². The van der Waals surface area contributed by atoms with Crippen molar-refractivity contribution in [3.8, 4) is 0 Å². The van der Waals surface area contributed by atoms with Crippen LogP contribution in [0.25, 0.3) is 0 Å². The summed E-state index contributed by atoms with van der Waals surface area (Å²) in [5.74, 6) is -2.30. The maximum atomic E-state index is 14.0. The fourth-order valence-electron chi connectivity index (χ4n) is 3.95. The normalized spacial score (nSPS) is 28.7. The van der Waals surface area contributed by atoms with Crippen molar-refractivity contribution in [1.29, 1.82) is 0 Å². The molecule has 1 saturated carbocycles. The highest BCUT2D eigenvalue weighted by molar-refractivity contribution is 6.31. The number of halogens is 4. The first-order valence-electron chi connectivity index (χ1n) is 8.82. The van der Waals surface area contributed by atoms with Gasteiger partial charge in [-0.05, 0) is 48.8 Å². The maximum absolute atomic E-state index is 14.0. The van der Waals surface area contributed by atoms with Gasteiger partial charge in [0.1, 0.15) is 0 Å². The van der Waals surface area contributed by atoms with E-state index in [0.717, 1.165) is 0 Å². The summed E-state index contributed by atoms with van der Waals surface area (Å²) in [5, 5.41) is 15.2. The zero-order valence-electron chi connectivity index (χ0n) is 15.3. The van der Waals surface area contributed by atoms with Crippen molar-refractivity contribution in [2.75, 3.05) is 0 Å². The van der Waals surface area contributed by atoms with Gasteiger partial charge in [-0.2, -0.15) is 23.3 Å². The van der Waals surface area contributed by atoms with Crippen LogP contribution in [-0.2, 0) is 0 Å². The van der Waals surface area contributed by atoms with Crippen LogP contribution in [0.1, 0.15) is 50.4 Å². The number of carbonyl (C=O) groups is 1. The third kappa shape index (κ3) is 3.36. The largest absolute Gasteiger partial charge is 0.439 e. The monoisotopic (exact) mass is 402 g/mol. The Morgan fingerprint density at radius 1 is 1.33 bits per heavy atom. The van der Waals surface area contributed by atoms with Gasteiger partial charge in [0.15, 0.2) is 0 Å². The number of amides is 1. The lowest BCUT2D eigenvalue weighted by Gasteiger charge is -2.42. The van der Waals surface area contributed by atoms with Crippen LogP contribution in [0.5, 0.6) is 0 Å². The highest BCUT2D eigenvalue weighted by Crippen LogP contribution is 2.52. The molecule has 4 nitrogen and oxygen atoms in total. The number of nitrogens with zero attached hydrogens (tertiary/aromatic N) is 2. The number of alkyl halides is 3. The lowest BCUT2D eigenvalue weighted by Crippen LogP contribution is -2.62. The van der Waals surface area contributed by atoms with Gasteiger partial charge in [-0.1, -0.05) is 38.4 Å². The molecule has 0 bridgehead atoms. The number of hydrogen-bond acceptors (Lipinski definition) is 3. The molecule has 1 aromatic carbocycles. The van der Waals surface area contributed by atoms with Crippen LogP contribution in [0.15, 0.2) is 29.4 Å². The van der Waals surface area contributed by atoms with Crippen LogP contribution in [-0.4, -0.2) is 33.6 Å². The highest BCUT2D eigenvalue weighted by Gasteiger charge is 2.69. The molecule has 1 heterocycles.